The lowest BCUT2D eigenvalue weighted by Gasteiger charge is -2.21. The summed E-state index contributed by atoms with van der Waals surface area (Å²) in [5, 5.41) is 3.18. The Labute approximate surface area is 126 Å². The van der Waals surface area contributed by atoms with Crippen LogP contribution < -0.4 is 10.2 Å². The summed E-state index contributed by atoms with van der Waals surface area (Å²) in [4.78, 5) is 1.55. The molecule has 1 aromatic carbocycles. The highest BCUT2D eigenvalue weighted by molar-refractivity contribution is 5.50. The van der Waals surface area contributed by atoms with Gasteiger partial charge in [0.25, 0.3) is 0 Å². The largest absolute Gasteiger partial charge is 0.380 e. The summed E-state index contributed by atoms with van der Waals surface area (Å²) < 4.78 is 33.4. The van der Waals surface area contributed by atoms with Crippen molar-refractivity contribution in [3.8, 4) is 0 Å². The lowest BCUT2D eigenvalue weighted by molar-refractivity contribution is 0.154. The van der Waals surface area contributed by atoms with Gasteiger partial charge in [-0.15, -0.1) is 0 Å². The smallest absolute Gasteiger partial charge is 0.149 e. The van der Waals surface area contributed by atoms with E-state index in [1.54, 1.807) is 11.9 Å². The molecule has 0 aliphatic heterocycles. The Morgan fingerprint density at radius 2 is 1.86 bits per heavy atom. The van der Waals surface area contributed by atoms with Crippen molar-refractivity contribution in [2.45, 2.75) is 27.3 Å². The van der Waals surface area contributed by atoms with Crippen LogP contribution in [0, 0.1) is 17.6 Å². The molecule has 0 aliphatic rings. The zero-order valence-electron chi connectivity index (χ0n) is 13.4. The van der Waals surface area contributed by atoms with Gasteiger partial charge in [0.1, 0.15) is 17.3 Å². The Morgan fingerprint density at radius 1 is 1.24 bits per heavy atom. The Balaban J connectivity index is 2.70. The molecule has 0 heterocycles. The second-order valence-electron chi connectivity index (χ2n) is 5.55. The van der Waals surface area contributed by atoms with Crippen molar-refractivity contribution in [2.24, 2.45) is 5.92 Å². The molecule has 0 fully saturated rings. The molecule has 0 unspecified atom stereocenters. The number of rotatable bonds is 9. The van der Waals surface area contributed by atoms with Crippen molar-refractivity contribution in [1.29, 1.82) is 0 Å². The van der Waals surface area contributed by atoms with Crippen LogP contribution in [0.15, 0.2) is 12.1 Å². The summed E-state index contributed by atoms with van der Waals surface area (Å²) in [6, 6.07) is 2.78. The van der Waals surface area contributed by atoms with E-state index >= 15 is 0 Å². The molecule has 0 atom stereocenters. The molecule has 5 heteroatoms. The van der Waals surface area contributed by atoms with E-state index in [9.17, 15) is 8.78 Å². The minimum atomic E-state index is -0.532. The van der Waals surface area contributed by atoms with Crippen LogP contribution in [-0.2, 0) is 11.3 Å². The molecule has 3 nitrogen and oxygen atoms in total. The third-order valence-corrected chi connectivity index (χ3v) is 3.12. The van der Waals surface area contributed by atoms with E-state index in [4.69, 9.17) is 4.74 Å². The average Bonchev–Trinajstić information content (AvgIpc) is 2.37. The Kier molecular flexibility index (Phi) is 7.61. The van der Waals surface area contributed by atoms with Gasteiger partial charge in [-0.05, 0) is 37.1 Å². The highest BCUT2D eigenvalue weighted by Crippen LogP contribution is 2.24. The molecule has 1 N–H and O–H groups in total. The van der Waals surface area contributed by atoms with Gasteiger partial charge in [-0.1, -0.05) is 13.8 Å². The second-order valence-corrected chi connectivity index (χ2v) is 5.55. The second kappa shape index (κ2) is 8.95. The fourth-order valence-corrected chi connectivity index (χ4v) is 2.05. The molecule has 120 valence electrons. The van der Waals surface area contributed by atoms with Crippen molar-refractivity contribution in [3.63, 3.8) is 0 Å². The van der Waals surface area contributed by atoms with Crippen LogP contribution in [-0.4, -0.2) is 33.4 Å². The van der Waals surface area contributed by atoms with Gasteiger partial charge < -0.3 is 15.0 Å². The first-order valence-corrected chi connectivity index (χ1v) is 7.43. The lowest BCUT2D eigenvalue weighted by Crippen LogP contribution is -2.25. The number of likely N-dealkylation sites (N-methyl/N-ethyl adjacent to an activating group) is 1. The molecule has 0 amide bonds. The van der Waals surface area contributed by atoms with Gasteiger partial charge in [0.15, 0.2) is 0 Å². The summed E-state index contributed by atoms with van der Waals surface area (Å²) in [5.74, 6) is -0.561. The van der Waals surface area contributed by atoms with E-state index in [-0.39, 0.29) is 5.69 Å². The molecule has 1 rings (SSSR count). The van der Waals surface area contributed by atoms with Crippen LogP contribution >= 0.6 is 0 Å². The van der Waals surface area contributed by atoms with Crippen LogP contribution in [0.25, 0.3) is 0 Å². The number of nitrogens with one attached hydrogen (secondary N) is 1. The first-order valence-electron chi connectivity index (χ1n) is 7.43. The average molecular weight is 300 g/mol. The predicted molar refractivity (Wildman–Crippen MR) is 82.7 cm³/mol. The Morgan fingerprint density at radius 3 is 2.38 bits per heavy atom. The van der Waals surface area contributed by atoms with Gasteiger partial charge in [0, 0.05) is 26.7 Å². The number of anilines is 1. The number of hydrogen-bond donors (Lipinski definition) is 1. The molecule has 0 bridgehead atoms. The number of ether oxygens (including phenoxy) is 1. The maximum Gasteiger partial charge on any atom is 0.149 e. The van der Waals surface area contributed by atoms with E-state index in [1.165, 1.54) is 12.1 Å². The SMILES string of the molecule is CCOCCN(C)c1c(F)cc(CNCC(C)C)cc1F. The molecule has 0 aliphatic carbocycles. The molecule has 21 heavy (non-hydrogen) atoms. The van der Waals surface area contributed by atoms with E-state index in [0.717, 1.165) is 6.54 Å². The number of hydrogen-bond acceptors (Lipinski definition) is 3. The summed E-state index contributed by atoms with van der Waals surface area (Å²) in [6.07, 6.45) is 0. The van der Waals surface area contributed by atoms with Crippen LogP contribution in [0.3, 0.4) is 0 Å². The zero-order valence-corrected chi connectivity index (χ0v) is 13.4. The van der Waals surface area contributed by atoms with Crippen LogP contribution in [0.2, 0.25) is 0 Å². The van der Waals surface area contributed by atoms with Crippen molar-refractivity contribution >= 4 is 5.69 Å². The quantitative estimate of drug-likeness (QED) is 0.709. The summed E-state index contributed by atoms with van der Waals surface area (Å²) in [6.45, 7) is 8.85. The van der Waals surface area contributed by atoms with Crippen molar-refractivity contribution < 1.29 is 13.5 Å². The van der Waals surface area contributed by atoms with Gasteiger partial charge >= 0.3 is 0 Å². The summed E-state index contributed by atoms with van der Waals surface area (Å²) in [7, 11) is 1.66. The number of nitrogens with zero attached hydrogens (tertiary/aromatic N) is 1. The fourth-order valence-electron chi connectivity index (χ4n) is 2.05. The van der Waals surface area contributed by atoms with Gasteiger partial charge in [-0.2, -0.15) is 0 Å². The Hall–Kier alpha value is -1.20. The van der Waals surface area contributed by atoms with Crippen LogP contribution in [0.5, 0.6) is 0 Å². The molecule has 0 spiro atoms. The molecule has 0 saturated carbocycles. The summed E-state index contributed by atoms with van der Waals surface area (Å²) in [5.41, 5.74) is 0.620. The van der Waals surface area contributed by atoms with E-state index in [0.29, 0.717) is 37.8 Å². The van der Waals surface area contributed by atoms with Gasteiger partial charge in [-0.25, -0.2) is 8.78 Å². The summed E-state index contributed by atoms with van der Waals surface area (Å²) >= 11 is 0. The van der Waals surface area contributed by atoms with Gasteiger partial charge in [-0.3, -0.25) is 0 Å². The molecule has 0 aromatic heterocycles. The van der Waals surface area contributed by atoms with E-state index in [1.807, 2.05) is 6.92 Å². The highest BCUT2D eigenvalue weighted by Gasteiger charge is 2.15. The maximum absolute atomic E-state index is 14.1. The number of benzene rings is 1. The van der Waals surface area contributed by atoms with Crippen LogP contribution in [0.1, 0.15) is 26.3 Å². The Bertz CT molecular complexity index is 415. The molecule has 0 saturated heterocycles. The topological polar surface area (TPSA) is 24.5 Å². The molecule has 1 aromatic rings. The van der Waals surface area contributed by atoms with Gasteiger partial charge in [0.05, 0.1) is 6.61 Å². The molecular weight excluding hydrogens is 274 g/mol. The minimum Gasteiger partial charge on any atom is -0.380 e. The first kappa shape index (κ1) is 17.9. The molecule has 0 radical (unpaired) electrons. The fraction of sp³-hybridized carbons (Fsp3) is 0.625. The number of halogens is 2. The molecular formula is C16H26F2N2O. The van der Waals surface area contributed by atoms with Gasteiger partial charge in [0.2, 0.25) is 0 Å². The highest BCUT2D eigenvalue weighted by atomic mass is 19.1. The normalized spacial score (nSPS) is 11.2. The van der Waals surface area contributed by atoms with E-state index < -0.39 is 11.6 Å². The monoisotopic (exact) mass is 300 g/mol. The maximum atomic E-state index is 14.1. The minimum absolute atomic E-state index is 0.00214. The zero-order chi connectivity index (χ0) is 15.8. The van der Waals surface area contributed by atoms with Crippen molar-refractivity contribution in [1.82, 2.24) is 5.32 Å². The predicted octanol–water partition coefficient (Wildman–Crippen LogP) is 3.18. The van der Waals surface area contributed by atoms with Crippen LogP contribution in [0.4, 0.5) is 14.5 Å². The third-order valence-electron chi connectivity index (χ3n) is 3.12. The standard InChI is InChI=1S/C16H26F2N2O/c1-5-21-7-6-20(4)16-14(17)8-13(9-15(16)18)11-19-10-12(2)3/h8-9,12,19H,5-7,10-11H2,1-4H3. The lowest BCUT2D eigenvalue weighted by atomic mass is 10.1. The van der Waals surface area contributed by atoms with E-state index in [2.05, 4.69) is 19.2 Å². The van der Waals surface area contributed by atoms with Crippen molar-refractivity contribution in [3.05, 3.63) is 29.3 Å². The third kappa shape index (κ3) is 5.98. The van der Waals surface area contributed by atoms with Crippen molar-refractivity contribution in [2.75, 3.05) is 38.3 Å². The first-order chi connectivity index (χ1) is 9.95.